The van der Waals surface area contributed by atoms with E-state index in [2.05, 4.69) is 25.3 Å². The Morgan fingerprint density at radius 1 is 0.867 bits per heavy atom. The van der Waals surface area contributed by atoms with Crippen LogP contribution >= 0.6 is 36.9 Å². The summed E-state index contributed by atoms with van der Waals surface area (Å²) in [5, 5.41) is 0.717. The Morgan fingerprint density at radius 2 is 1.60 bits per heavy atom. The van der Waals surface area contributed by atoms with Crippen molar-refractivity contribution < 1.29 is 0 Å². The first-order valence-corrected chi connectivity index (χ1v) is 5.72. The molecule has 0 amide bonds. The van der Waals surface area contributed by atoms with Crippen LogP contribution in [0, 0.1) is 0 Å². The summed E-state index contributed by atoms with van der Waals surface area (Å²) in [4.78, 5) is 1.81. The molecule has 0 aromatic heterocycles. The first-order chi connectivity index (χ1) is 7.18. The normalized spacial score (nSPS) is 10.3. The van der Waals surface area contributed by atoms with Crippen LogP contribution in [0.25, 0.3) is 11.1 Å². The zero-order chi connectivity index (χ0) is 10.8. The smallest absolute Gasteiger partial charge is 0.0485 e. The van der Waals surface area contributed by atoms with Crippen LogP contribution in [-0.2, 0) is 0 Å². The van der Waals surface area contributed by atoms with E-state index in [1.807, 2.05) is 42.5 Å². The second-order valence-electron chi connectivity index (χ2n) is 3.18. The molecule has 0 heterocycles. The van der Waals surface area contributed by atoms with Crippen LogP contribution in [0.2, 0.25) is 5.02 Å². The molecular formula is C12H9ClS2. The first kappa shape index (κ1) is 10.9. The van der Waals surface area contributed by atoms with Crippen molar-refractivity contribution >= 4 is 36.9 Å². The van der Waals surface area contributed by atoms with Crippen molar-refractivity contribution in [2.24, 2.45) is 0 Å². The van der Waals surface area contributed by atoms with Crippen LogP contribution in [0.1, 0.15) is 0 Å². The first-order valence-electron chi connectivity index (χ1n) is 4.45. The van der Waals surface area contributed by atoms with E-state index >= 15 is 0 Å². The van der Waals surface area contributed by atoms with Crippen LogP contribution in [-0.4, -0.2) is 0 Å². The van der Waals surface area contributed by atoms with Crippen molar-refractivity contribution in [1.82, 2.24) is 0 Å². The molecule has 0 atom stereocenters. The van der Waals surface area contributed by atoms with Gasteiger partial charge in [-0.3, -0.25) is 0 Å². The Bertz CT molecular complexity index is 495. The maximum Gasteiger partial charge on any atom is 0.0485 e. The minimum Gasteiger partial charge on any atom is -0.143 e. The molecule has 2 aromatic rings. The highest BCUT2D eigenvalue weighted by Gasteiger charge is 2.06. The third kappa shape index (κ3) is 2.33. The molecule has 0 fully saturated rings. The number of hydrogen-bond donors (Lipinski definition) is 2. The Kier molecular flexibility index (Phi) is 3.29. The molecule has 15 heavy (non-hydrogen) atoms. The highest BCUT2D eigenvalue weighted by molar-refractivity contribution is 7.80. The fraction of sp³-hybridized carbons (Fsp3) is 0. The minimum absolute atomic E-state index is 0.717. The van der Waals surface area contributed by atoms with Crippen molar-refractivity contribution in [3.63, 3.8) is 0 Å². The summed E-state index contributed by atoms with van der Waals surface area (Å²) >= 11 is 14.8. The second-order valence-corrected chi connectivity index (χ2v) is 4.59. The third-order valence-corrected chi connectivity index (χ3v) is 3.14. The molecular weight excluding hydrogens is 244 g/mol. The Hall–Kier alpha value is -0.570. The van der Waals surface area contributed by atoms with Crippen molar-refractivity contribution in [2.45, 2.75) is 9.79 Å². The van der Waals surface area contributed by atoms with Gasteiger partial charge in [0.1, 0.15) is 0 Å². The van der Waals surface area contributed by atoms with Gasteiger partial charge in [-0.15, -0.1) is 25.3 Å². The van der Waals surface area contributed by atoms with Crippen LogP contribution < -0.4 is 0 Å². The van der Waals surface area contributed by atoms with Crippen molar-refractivity contribution in [1.29, 1.82) is 0 Å². The molecule has 0 bridgehead atoms. The van der Waals surface area contributed by atoms with Crippen molar-refractivity contribution in [3.05, 3.63) is 47.5 Å². The molecule has 2 rings (SSSR count). The molecule has 0 N–H and O–H groups in total. The van der Waals surface area contributed by atoms with Crippen LogP contribution in [0.3, 0.4) is 0 Å². The van der Waals surface area contributed by atoms with Gasteiger partial charge in [0.25, 0.3) is 0 Å². The highest BCUT2D eigenvalue weighted by atomic mass is 35.5. The summed E-state index contributed by atoms with van der Waals surface area (Å²) in [6.45, 7) is 0. The molecule has 0 radical (unpaired) electrons. The molecule has 2 aromatic carbocycles. The predicted octanol–water partition coefficient (Wildman–Crippen LogP) is 4.58. The summed E-state index contributed by atoms with van der Waals surface area (Å²) in [6.07, 6.45) is 0. The van der Waals surface area contributed by atoms with Crippen LogP contribution in [0.5, 0.6) is 0 Å². The summed E-state index contributed by atoms with van der Waals surface area (Å²) < 4.78 is 0. The van der Waals surface area contributed by atoms with E-state index in [0.717, 1.165) is 20.9 Å². The van der Waals surface area contributed by atoms with E-state index in [4.69, 9.17) is 11.6 Å². The van der Waals surface area contributed by atoms with Gasteiger partial charge in [0.15, 0.2) is 0 Å². The molecule has 0 saturated carbocycles. The molecule has 0 aliphatic rings. The SMILES string of the molecule is Sc1ccc(Cl)c(-c2ccccc2S)c1. The van der Waals surface area contributed by atoms with E-state index in [-0.39, 0.29) is 0 Å². The fourth-order valence-electron chi connectivity index (χ4n) is 1.42. The van der Waals surface area contributed by atoms with Gasteiger partial charge in [0.2, 0.25) is 0 Å². The lowest BCUT2D eigenvalue weighted by Crippen LogP contribution is -1.82. The summed E-state index contributed by atoms with van der Waals surface area (Å²) in [7, 11) is 0. The maximum atomic E-state index is 6.13. The van der Waals surface area contributed by atoms with Crippen LogP contribution in [0.15, 0.2) is 52.3 Å². The standard InChI is InChI=1S/C12H9ClS2/c13-11-6-5-8(14)7-10(11)9-3-1-2-4-12(9)15/h1-7,14-15H. The third-order valence-electron chi connectivity index (χ3n) is 2.14. The molecule has 0 nitrogen and oxygen atoms in total. The van der Waals surface area contributed by atoms with Gasteiger partial charge in [0, 0.05) is 20.4 Å². The molecule has 76 valence electrons. The summed E-state index contributed by atoms with van der Waals surface area (Å²) in [5.41, 5.74) is 2.00. The zero-order valence-corrected chi connectivity index (χ0v) is 10.4. The molecule has 0 aliphatic heterocycles. The fourth-order valence-corrected chi connectivity index (χ4v) is 2.13. The number of halogens is 1. The average molecular weight is 253 g/mol. The molecule has 0 spiro atoms. The Balaban J connectivity index is 2.64. The van der Waals surface area contributed by atoms with E-state index in [1.54, 1.807) is 0 Å². The topological polar surface area (TPSA) is 0 Å². The molecule has 0 aliphatic carbocycles. The predicted molar refractivity (Wildman–Crippen MR) is 71.4 cm³/mol. The largest absolute Gasteiger partial charge is 0.143 e. The van der Waals surface area contributed by atoms with Crippen LogP contribution in [0.4, 0.5) is 0 Å². The number of thiol groups is 2. The Morgan fingerprint density at radius 3 is 2.33 bits per heavy atom. The molecule has 0 saturated heterocycles. The number of hydrogen-bond acceptors (Lipinski definition) is 2. The summed E-state index contributed by atoms with van der Waals surface area (Å²) in [6, 6.07) is 13.5. The van der Waals surface area contributed by atoms with E-state index < -0.39 is 0 Å². The van der Waals surface area contributed by atoms with Gasteiger partial charge < -0.3 is 0 Å². The van der Waals surface area contributed by atoms with E-state index in [1.165, 1.54) is 0 Å². The minimum atomic E-state index is 0.717. The van der Waals surface area contributed by atoms with Gasteiger partial charge in [-0.1, -0.05) is 29.8 Å². The Labute approximate surface area is 105 Å². The number of benzene rings is 2. The van der Waals surface area contributed by atoms with Gasteiger partial charge in [-0.05, 0) is 29.8 Å². The maximum absolute atomic E-state index is 6.13. The van der Waals surface area contributed by atoms with Gasteiger partial charge in [0.05, 0.1) is 0 Å². The van der Waals surface area contributed by atoms with E-state index in [0.29, 0.717) is 5.02 Å². The molecule has 3 heteroatoms. The summed E-state index contributed by atoms with van der Waals surface area (Å²) in [5.74, 6) is 0. The van der Waals surface area contributed by atoms with Gasteiger partial charge in [-0.25, -0.2) is 0 Å². The quantitative estimate of drug-likeness (QED) is 0.682. The van der Waals surface area contributed by atoms with Crippen molar-refractivity contribution in [2.75, 3.05) is 0 Å². The highest BCUT2D eigenvalue weighted by Crippen LogP contribution is 2.33. The molecule has 0 unspecified atom stereocenters. The lowest BCUT2D eigenvalue weighted by Gasteiger charge is -2.07. The number of rotatable bonds is 1. The average Bonchev–Trinajstić information content (AvgIpc) is 2.23. The lowest BCUT2D eigenvalue weighted by atomic mass is 10.1. The van der Waals surface area contributed by atoms with E-state index in [9.17, 15) is 0 Å². The van der Waals surface area contributed by atoms with Crippen molar-refractivity contribution in [3.8, 4) is 11.1 Å². The monoisotopic (exact) mass is 252 g/mol. The van der Waals surface area contributed by atoms with Gasteiger partial charge >= 0.3 is 0 Å². The van der Waals surface area contributed by atoms with Gasteiger partial charge in [-0.2, -0.15) is 0 Å². The lowest BCUT2D eigenvalue weighted by molar-refractivity contribution is 1.41. The second kappa shape index (κ2) is 4.52. The zero-order valence-electron chi connectivity index (χ0n) is 7.81.